The molecule has 0 saturated carbocycles. The maximum absolute atomic E-state index is 8.53. The van der Waals surface area contributed by atoms with Crippen LogP contribution in [0.4, 0.5) is 0 Å². The van der Waals surface area contributed by atoms with E-state index in [1.807, 2.05) is 0 Å². The maximum atomic E-state index is 8.53. The summed E-state index contributed by atoms with van der Waals surface area (Å²) in [5.41, 5.74) is 0. The second-order valence-corrected chi connectivity index (χ2v) is 3.53. The van der Waals surface area contributed by atoms with E-state index < -0.39 is 0 Å². The monoisotopic (exact) mass is 173 g/mol. The first kappa shape index (κ1) is 11.9. The molecule has 0 aliphatic rings. The molecule has 0 amide bonds. The fraction of sp³-hybridized carbons (Fsp3) is 1.00. The van der Waals surface area contributed by atoms with Gasteiger partial charge in [0.1, 0.15) is 0 Å². The van der Waals surface area contributed by atoms with Gasteiger partial charge in [-0.15, -0.1) is 0 Å². The highest BCUT2D eigenvalue weighted by atomic mass is 16.3. The van der Waals surface area contributed by atoms with E-state index in [1.54, 1.807) is 0 Å². The molecule has 1 atom stereocenters. The molecule has 0 aromatic heterocycles. The van der Waals surface area contributed by atoms with Crippen LogP contribution >= 0.6 is 0 Å². The van der Waals surface area contributed by atoms with E-state index in [0.717, 1.165) is 19.0 Å². The van der Waals surface area contributed by atoms with Gasteiger partial charge in [0.05, 0.1) is 6.61 Å². The Hall–Kier alpha value is -0.0800. The van der Waals surface area contributed by atoms with Gasteiger partial charge in [-0.3, -0.25) is 0 Å². The lowest BCUT2D eigenvalue weighted by molar-refractivity contribution is 0.287. The van der Waals surface area contributed by atoms with Crippen LogP contribution in [0.3, 0.4) is 0 Å². The number of nitrogens with one attached hydrogen (secondary N) is 1. The molecule has 74 valence electrons. The van der Waals surface area contributed by atoms with Crippen molar-refractivity contribution in [3.05, 3.63) is 0 Å². The largest absolute Gasteiger partial charge is 0.395 e. The molecule has 0 aromatic carbocycles. The number of rotatable bonds is 8. The predicted octanol–water partition coefficient (Wildman–Crippen LogP) is 1.78. The Labute approximate surface area is 76.4 Å². The third-order valence-corrected chi connectivity index (χ3v) is 2.08. The lowest BCUT2D eigenvalue weighted by atomic mass is 10.0. The maximum Gasteiger partial charge on any atom is 0.0555 e. The lowest BCUT2D eigenvalue weighted by Crippen LogP contribution is -2.24. The zero-order chi connectivity index (χ0) is 9.23. The number of hydrogen-bond donors (Lipinski definition) is 2. The van der Waals surface area contributed by atoms with Crippen LogP contribution in [0.1, 0.15) is 39.5 Å². The minimum absolute atomic E-state index is 0.252. The Morgan fingerprint density at radius 2 is 2.08 bits per heavy atom. The molecule has 12 heavy (non-hydrogen) atoms. The average Bonchev–Trinajstić information content (AvgIpc) is 2.06. The van der Waals surface area contributed by atoms with Crippen LogP contribution in [0.25, 0.3) is 0 Å². The highest BCUT2D eigenvalue weighted by molar-refractivity contribution is 4.56. The van der Waals surface area contributed by atoms with Gasteiger partial charge in [0.2, 0.25) is 0 Å². The summed E-state index contributed by atoms with van der Waals surface area (Å²) in [6.07, 6.45) is 5.31. The molecule has 2 heteroatoms. The average molecular weight is 173 g/mol. The highest BCUT2D eigenvalue weighted by Gasteiger charge is 1.99. The van der Waals surface area contributed by atoms with E-state index in [2.05, 4.69) is 19.2 Å². The molecular formula is C10H23NO. The molecule has 0 radical (unpaired) electrons. The van der Waals surface area contributed by atoms with E-state index >= 15 is 0 Å². The smallest absolute Gasteiger partial charge is 0.0555 e. The number of unbranched alkanes of at least 4 members (excludes halogenated alkanes) is 2. The third-order valence-electron chi connectivity index (χ3n) is 2.08. The van der Waals surface area contributed by atoms with Crippen LogP contribution < -0.4 is 5.32 Å². The van der Waals surface area contributed by atoms with Crippen molar-refractivity contribution in [3.63, 3.8) is 0 Å². The first-order valence-electron chi connectivity index (χ1n) is 5.12. The van der Waals surface area contributed by atoms with Crippen molar-refractivity contribution >= 4 is 0 Å². The van der Waals surface area contributed by atoms with Crippen molar-refractivity contribution < 1.29 is 5.11 Å². The van der Waals surface area contributed by atoms with Crippen LogP contribution in [-0.2, 0) is 0 Å². The van der Waals surface area contributed by atoms with E-state index in [-0.39, 0.29) is 6.61 Å². The minimum Gasteiger partial charge on any atom is -0.395 e. The summed E-state index contributed by atoms with van der Waals surface area (Å²) in [6, 6.07) is 0. The van der Waals surface area contributed by atoms with E-state index in [4.69, 9.17) is 5.11 Å². The first-order valence-corrected chi connectivity index (χ1v) is 5.12. The summed E-state index contributed by atoms with van der Waals surface area (Å²) in [6.45, 7) is 6.53. The fourth-order valence-corrected chi connectivity index (χ4v) is 1.27. The number of hydrogen-bond acceptors (Lipinski definition) is 2. The van der Waals surface area contributed by atoms with Crippen molar-refractivity contribution in [2.45, 2.75) is 39.5 Å². The van der Waals surface area contributed by atoms with Crippen LogP contribution in [0.15, 0.2) is 0 Å². The molecule has 0 fully saturated rings. The molecule has 0 heterocycles. The summed E-state index contributed by atoms with van der Waals surface area (Å²) in [4.78, 5) is 0. The molecule has 0 bridgehead atoms. The molecule has 2 N–H and O–H groups in total. The van der Waals surface area contributed by atoms with E-state index in [0.29, 0.717) is 0 Å². The van der Waals surface area contributed by atoms with Crippen molar-refractivity contribution in [1.82, 2.24) is 5.32 Å². The molecule has 0 spiro atoms. The zero-order valence-corrected chi connectivity index (χ0v) is 8.47. The van der Waals surface area contributed by atoms with Gasteiger partial charge < -0.3 is 10.4 Å². The van der Waals surface area contributed by atoms with E-state index in [1.165, 1.54) is 25.7 Å². The standard InChI is InChI=1S/C10H23NO/c1-3-4-5-6-10(2)9-11-7-8-12/h10-12H,3-9H2,1-2H3. The molecule has 0 aliphatic carbocycles. The summed E-state index contributed by atoms with van der Waals surface area (Å²) in [5.74, 6) is 0.753. The van der Waals surface area contributed by atoms with Gasteiger partial charge in [-0.1, -0.05) is 33.1 Å². The van der Waals surface area contributed by atoms with Crippen LogP contribution in [0, 0.1) is 5.92 Å². The van der Waals surface area contributed by atoms with Gasteiger partial charge in [-0.25, -0.2) is 0 Å². The summed E-state index contributed by atoms with van der Waals surface area (Å²) in [5, 5.41) is 11.7. The molecule has 0 rings (SSSR count). The SMILES string of the molecule is CCCCCC(C)CNCCO. The predicted molar refractivity (Wildman–Crippen MR) is 53.3 cm³/mol. The molecule has 0 aliphatic heterocycles. The van der Waals surface area contributed by atoms with Crippen molar-refractivity contribution in [3.8, 4) is 0 Å². The van der Waals surface area contributed by atoms with Gasteiger partial charge in [-0.2, -0.15) is 0 Å². The molecule has 0 saturated heterocycles. The Balaban J connectivity index is 3.04. The quantitative estimate of drug-likeness (QED) is 0.548. The second kappa shape index (κ2) is 9.01. The van der Waals surface area contributed by atoms with Gasteiger partial charge in [0.15, 0.2) is 0 Å². The van der Waals surface area contributed by atoms with Gasteiger partial charge in [0, 0.05) is 6.54 Å². The number of aliphatic hydroxyl groups excluding tert-OH is 1. The Kier molecular flexibility index (Phi) is 8.95. The van der Waals surface area contributed by atoms with Crippen LogP contribution in [-0.4, -0.2) is 24.8 Å². The van der Waals surface area contributed by atoms with Crippen molar-refractivity contribution in [2.75, 3.05) is 19.7 Å². The minimum atomic E-state index is 0.252. The summed E-state index contributed by atoms with van der Waals surface area (Å²) in [7, 11) is 0. The first-order chi connectivity index (χ1) is 5.81. The summed E-state index contributed by atoms with van der Waals surface area (Å²) < 4.78 is 0. The third kappa shape index (κ3) is 8.02. The highest BCUT2D eigenvalue weighted by Crippen LogP contribution is 2.07. The Morgan fingerprint density at radius 3 is 2.67 bits per heavy atom. The molecule has 2 nitrogen and oxygen atoms in total. The van der Waals surface area contributed by atoms with E-state index in [9.17, 15) is 0 Å². The fourth-order valence-electron chi connectivity index (χ4n) is 1.27. The van der Waals surface area contributed by atoms with Crippen molar-refractivity contribution in [1.29, 1.82) is 0 Å². The van der Waals surface area contributed by atoms with Gasteiger partial charge in [0.25, 0.3) is 0 Å². The Bertz CT molecular complexity index is 75.9. The van der Waals surface area contributed by atoms with Gasteiger partial charge >= 0.3 is 0 Å². The second-order valence-electron chi connectivity index (χ2n) is 3.53. The van der Waals surface area contributed by atoms with Crippen molar-refractivity contribution in [2.24, 2.45) is 5.92 Å². The summed E-state index contributed by atoms with van der Waals surface area (Å²) >= 11 is 0. The van der Waals surface area contributed by atoms with Gasteiger partial charge in [-0.05, 0) is 18.9 Å². The molecule has 0 aromatic rings. The topological polar surface area (TPSA) is 32.3 Å². The number of aliphatic hydroxyl groups is 1. The zero-order valence-electron chi connectivity index (χ0n) is 8.47. The normalized spacial score (nSPS) is 13.2. The molecule has 1 unspecified atom stereocenters. The van der Waals surface area contributed by atoms with Crippen LogP contribution in [0.2, 0.25) is 0 Å². The lowest BCUT2D eigenvalue weighted by Gasteiger charge is -2.11. The van der Waals surface area contributed by atoms with Crippen LogP contribution in [0.5, 0.6) is 0 Å². The Morgan fingerprint density at radius 1 is 1.33 bits per heavy atom. The molecular weight excluding hydrogens is 150 g/mol.